The van der Waals surface area contributed by atoms with Crippen LogP contribution in [0.4, 0.5) is 4.79 Å². The molecule has 1 unspecified atom stereocenters. The van der Waals surface area contributed by atoms with Gasteiger partial charge in [0.2, 0.25) is 11.8 Å². The molecule has 3 N–H and O–H groups in total. The zero-order chi connectivity index (χ0) is 24.3. The Morgan fingerprint density at radius 1 is 1.24 bits per heavy atom. The molecule has 1 saturated heterocycles. The standard InChI is InChI=1S/C23H33N3O7/c1-5-14-11-23(14,21(30)32-4)25-19(28)17-10-15(27)12-26(17)20(29)18(13(2)3)24-22(31)33-16-8-6-7-9-16/h5,14-18,27H,1-2,6-12H2,3-4H3,(H,24,31)(H,25,28)/t14?,15-,17-,18-,23+/m0/s1. The Kier molecular flexibility index (Phi) is 7.46. The number of rotatable bonds is 8. The van der Waals surface area contributed by atoms with E-state index in [-0.39, 0.29) is 25.0 Å². The lowest BCUT2D eigenvalue weighted by Gasteiger charge is -2.29. The Morgan fingerprint density at radius 3 is 2.45 bits per heavy atom. The monoisotopic (exact) mass is 463 g/mol. The van der Waals surface area contributed by atoms with E-state index in [1.54, 1.807) is 13.0 Å². The van der Waals surface area contributed by atoms with Crippen molar-refractivity contribution in [3.8, 4) is 0 Å². The summed E-state index contributed by atoms with van der Waals surface area (Å²) in [6.07, 6.45) is 3.64. The van der Waals surface area contributed by atoms with Gasteiger partial charge in [-0.2, -0.15) is 0 Å². The first-order chi connectivity index (χ1) is 15.6. The highest BCUT2D eigenvalue weighted by atomic mass is 16.6. The van der Waals surface area contributed by atoms with Crippen molar-refractivity contribution in [2.24, 2.45) is 5.92 Å². The maximum atomic E-state index is 13.3. The van der Waals surface area contributed by atoms with Crippen LogP contribution in [0.15, 0.2) is 24.8 Å². The first-order valence-electron chi connectivity index (χ1n) is 11.3. The summed E-state index contributed by atoms with van der Waals surface area (Å²) in [6.45, 7) is 8.97. The smallest absolute Gasteiger partial charge is 0.408 e. The number of β-amino-alcohol motifs (C(OH)–C–C–N with tert-alkyl or cyclic N) is 1. The Balaban J connectivity index is 1.70. The molecule has 1 aliphatic heterocycles. The number of hydrogen-bond acceptors (Lipinski definition) is 7. The molecule has 2 saturated carbocycles. The van der Waals surface area contributed by atoms with E-state index in [9.17, 15) is 24.3 Å². The second kappa shape index (κ2) is 9.94. The number of likely N-dealkylation sites (tertiary alicyclic amines) is 1. The fraction of sp³-hybridized carbons (Fsp3) is 0.652. The molecule has 3 fully saturated rings. The lowest BCUT2D eigenvalue weighted by molar-refractivity contribution is -0.148. The molecule has 33 heavy (non-hydrogen) atoms. The van der Waals surface area contributed by atoms with Crippen LogP contribution < -0.4 is 10.6 Å². The van der Waals surface area contributed by atoms with Crippen LogP contribution in [0, 0.1) is 5.92 Å². The summed E-state index contributed by atoms with van der Waals surface area (Å²) in [5.74, 6) is -2.03. The van der Waals surface area contributed by atoms with Crippen LogP contribution in [0.5, 0.6) is 0 Å². The van der Waals surface area contributed by atoms with Gasteiger partial charge in [-0.05, 0) is 44.6 Å². The number of alkyl carbamates (subject to hydrolysis) is 1. The molecule has 10 nitrogen and oxygen atoms in total. The van der Waals surface area contributed by atoms with Crippen molar-refractivity contribution in [1.29, 1.82) is 0 Å². The molecule has 10 heteroatoms. The minimum atomic E-state index is -1.22. The Morgan fingerprint density at radius 2 is 1.91 bits per heavy atom. The van der Waals surface area contributed by atoms with Gasteiger partial charge in [-0.1, -0.05) is 12.7 Å². The molecule has 1 heterocycles. The average molecular weight is 464 g/mol. The van der Waals surface area contributed by atoms with Crippen LogP contribution in [0.2, 0.25) is 0 Å². The molecule has 3 rings (SSSR count). The van der Waals surface area contributed by atoms with E-state index in [4.69, 9.17) is 9.47 Å². The largest absolute Gasteiger partial charge is 0.467 e. The summed E-state index contributed by atoms with van der Waals surface area (Å²) in [7, 11) is 1.23. The SMILES string of the molecule is C=CC1C[C@]1(NC(=O)[C@@H]1C[C@H](O)CN1C(=O)[C@@H](NC(=O)OC1CCCC1)C(=C)C)C(=O)OC. The van der Waals surface area contributed by atoms with E-state index in [1.807, 2.05) is 0 Å². The van der Waals surface area contributed by atoms with E-state index in [0.717, 1.165) is 25.7 Å². The molecule has 3 amide bonds. The fourth-order valence-electron chi connectivity index (χ4n) is 4.66. The van der Waals surface area contributed by atoms with Gasteiger partial charge in [0.1, 0.15) is 23.7 Å². The summed E-state index contributed by atoms with van der Waals surface area (Å²) < 4.78 is 10.2. The van der Waals surface area contributed by atoms with Gasteiger partial charge in [-0.3, -0.25) is 9.59 Å². The topological polar surface area (TPSA) is 134 Å². The lowest BCUT2D eigenvalue weighted by Crippen LogP contribution is -2.56. The molecule has 0 radical (unpaired) electrons. The third-order valence-electron chi connectivity index (χ3n) is 6.64. The van der Waals surface area contributed by atoms with Gasteiger partial charge in [-0.15, -0.1) is 6.58 Å². The molecule has 182 valence electrons. The molecule has 3 aliphatic rings. The van der Waals surface area contributed by atoms with E-state index in [2.05, 4.69) is 23.8 Å². The van der Waals surface area contributed by atoms with E-state index in [1.165, 1.54) is 12.0 Å². The zero-order valence-electron chi connectivity index (χ0n) is 19.2. The van der Waals surface area contributed by atoms with Crippen molar-refractivity contribution in [2.45, 2.75) is 75.3 Å². The fourth-order valence-corrected chi connectivity index (χ4v) is 4.66. The van der Waals surface area contributed by atoms with Crippen LogP contribution in [-0.2, 0) is 23.9 Å². The first kappa shape index (κ1) is 24.8. The van der Waals surface area contributed by atoms with E-state index >= 15 is 0 Å². The van der Waals surface area contributed by atoms with Gasteiger partial charge in [0, 0.05) is 18.9 Å². The second-order valence-corrected chi connectivity index (χ2v) is 9.13. The molecule has 0 bridgehead atoms. The first-order valence-corrected chi connectivity index (χ1v) is 11.3. The third-order valence-corrected chi connectivity index (χ3v) is 6.64. The zero-order valence-corrected chi connectivity index (χ0v) is 19.2. The highest BCUT2D eigenvalue weighted by Crippen LogP contribution is 2.45. The summed E-state index contributed by atoms with van der Waals surface area (Å²) in [4.78, 5) is 52.2. The van der Waals surface area contributed by atoms with Crippen LogP contribution >= 0.6 is 0 Å². The van der Waals surface area contributed by atoms with Gasteiger partial charge in [-0.25, -0.2) is 9.59 Å². The van der Waals surface area contributed by atoms with Gasteiger partial charge in [0.25, 0.3) is 0 Å². The van der Waals surface area contributed by atoms with Crippen molar-refractivity contribution in [3.63, 3.8) is 0 Å². The Hall–Kier alpha value is -2.88. The number of carbonyl (C=O) groups is 4. The molecular formula is C23H33N3O7. The highest BCUT2D eigenvalue weighted by molar-refractivity contribution is 5.97. The number of amides is 3. The Labute approximate surface area is 193 Å². The maximum Gasteiger partial charge on any atom is 0.408 e. The third kappa shape index (κ3) is 5.21. The van der Waals surface area contributed by atoms with E-state index < -0.39 is 47.6 Å². The predicted molar refractivity (Wildman–Crippen MR) is 118 cm³/mol. The Bertz CT molecular complexity index is 838. The summed E-state index contributed by atoms with van der Waals surface area (Å²) >= 11 is 0. The van der Waals surface area contributed by atoms with Crippen molar-refractivity contribution in [3.05, 3.63) is 24.8 Å². The average Bonchev–Trinajstić information content (AvgIpc) is 3.07. The highest BCUT2D eigenvalue weighted by Gasteiger charge is 2.61. The number of hydrogen-bond donors (Lipinski definition) is 3. The van der Waals surface area contributed by atoms with Crippen molar-refractivity contribution >= 4 is 23.9 Å². The summed E-state index contributed by atoms with van der Waals surface area (Å²) in [5, 5.41) is 15.5. The van der Waals surface area contributed by atoms with Crippen LogP contribution in [0.1, 0.15) is 45.4 Å². The molecule has 0 aromatic rings. The van der Waals surface area contributed by atoms with Crippen LogP contribution in [-0.4, -0.2) is 77.4 Å². The van der Waals surface area contributed by atoms with Crippen molar-refractivity contribution in [2.75, 3.05) is 13.7 Å². The molecule has 0 aromatic heterocycles. The number of aliphatic hydroxyl groups excluding tert-OH is 1. The van der Waals surface area contributed by atoms with Gasteiger partial charge in [0.15, 0.2) is 0 Å². The van der Waals surface area contributed by atoms with E-state index in [0.29, 0.717) is 12.0 Å². The lowest BCUT2D eigenvalue weighted by atomic mass is 10.1. The number of esters is 1. The molecule has 0 spiro atoms. The van der Waals surface area contributed by atoms with Gasteiger partial charge >= 0.3 is 12.1 Å². The number of nitrogens with one attached hydrogen (secondary N) is 2. The minimum Gasteiger partial charge on any atom is -0.467 e. The minimum absolute atomic E-state index is 0.00299. The number of nitrogens with zero attached hydrogens (tertiary/aromatic N) is 1. The van der Waals surface area contributed by atoms with Crippen molar-refractivity contribution in [1.82, 2.24) is 15.5 Å². The van der Waals surface area contributed by atoms with Crippen LogP contribution in [0.3, 0.4) is 0 Å². The molecule has 5 atom stereocenters. The van der Waals surface area contributed by atoms with Gasteiger partial charge < -0.3 is 30.1 Å². The molecule has 2 aliphatic carbocycles. The normalized spacial score (nSPS) is 29.7. The van der Waals surface area contributed by atoms with Crippen molar-refractivity contribution < 1.29 is 33.8 Å². The summed E-state index contributed by atoms with van der Waals surface area (Å²) in [6, 6.07) is -2.13. The number of methoxy groups -OCH3 is 1. The summed E-state index contributed by atoms with van der Waals surface area (Å²) in [5.41, 5.74) is -0.851. The van der Waals surface area contributed by atoms with Crippen LogP contribution in [0.25, 0.3) is 0 Å². The van der Waals surface area contributed by atoms with Gasteiger partial charge in [0.05, 0.1) is 13.2 Å². The number of carbonyl (C=O) groups excluding carboxylic acids is 4. The predicted octanol–water partition coefficient (Wildman–Crippen LogP) is 0.796. The second-order valence-electron chi connectivity index (χ2n) is 9.13. The quantitative estimate of drug-likeness (QED) is 0.358. The number of aliphatic hydroxyl groups is 1. The molecular weight excluding hydrogens is 430 g/mol. The maximum absolute atomic E-state index is 13.3. The molecule has 0 aromatic carbocycles. The number of ether oxygens (including phenoxy) is 2.